The molecule has 0 aliphatic rings. The van der Waals surface area contributed by atoms with E-state index >= 15 is 0 Å². The van der Waals surface area contributed by atoms with Crippen molar-refractivity contribution in [3.63, 3.8) is 0 Å². The van der Waals surface area contributed by atoms with Gasteiger partial charge in [-0.3, -0.25) is 0 Å². The summed E-state index contributed by atoms with van der Waals surface area (Å²) in [6.45, 7) is 0. The van der Waals surface area contributed by atoms with E-state index in [9.17, 15) is 5.11 Å². The maximum absolute atomic E-state index is 9.90. The van der Waals surface area contributed by atoms with Gasteiger partial charge in [0.25, 0.3) is 0 Å². The van der Waals surface area contributed by atoms with Gasteiger partial charge in [-0.2, -0.15) is 0 Å². The van der Waals surface area contributed by atoms with Crippen molar-refractivity contribution in [2.24, 2.45) is 0 Å². The monoisotopic (exact) mass is 247 g/mol. The van der Waals surface area contributed by atoms with E-state index in [2.05, 4.69) is 21.0 Å². The van der Waals surface area contributed by atoms with E-state index in [0.717, 1.165) is 11.5 Å². The smallest absolute Gasteiger partial charge is 0.174 e. The van der Waals surface area contributed by atoms with Crippen molar-refractivity contribution in [1.82, 2.24) is 9.78 Å². The lowest BCUT2D eigenvalue weighted by Gasteiger charge is -2.09. The zero-order valence-corrected chi connectivity index (χ0v) is 10.7. The summed E-state index contributed by atoms with van der Waals surface area (Å²) < 4.78 is 1.66. The van der Waals surface area contributed by atoms with Crippen molar-refractivity contribution in [2.45, 2.75) is 0 Å². The van der Waals surface area contributed by atoms with Crippen LogP contribution in [-0.2, 0) is 0 Å². The summed E-state index contributed by atoms with van der Waals surface area (Å²) in [5.41, 5.74) is 1.48. The van der Waals surface area contributed by atoms with Gasteiger partial charge in [-0.05, 0) is 12.1 Å². The summed E-state index contributed by atoms with van der Waals surface area (Å²) in [6, 6.07) is 7.07. The molecule has 6 nitrogen and oxygen atoms in total. The fourth-order valence-corrected chi connectivity index (χ4v) is 1.88. The molecule has 6 heteroatoms. The summed E-state index contributed by atoms with van der Waals surface area (Å²) in [5, 5.41) is 23.5. The first-order valence-corrected chi connectivity index (χ1v) is 5.67. The zero-order chi connectivity index (χ0) is 13.1. The average Bonchev–Trinajstić information content (AvgIpc) is 2.76. The molecule has 0 radical (unpaired) electrons. The van der Waals surface area contributed by atoms with E-state index in [1.54, 1.807) is 23.9 Å². The summed E-state index contributed by atoms with van der Waals surface area (Å²) in [5.74, 6) is 1.68. The zero-order valence-electron chi connectivity index (χ0n) is 10.7. The molecule has 0 bridgehead atoms. The molecule has 0 fully saturated rings. The van der Waals surface area contributed by atoms with Crippen molar-refractivity contribution in [2.75, 3.05) is 37.1 Å². The van der Waals surface area contributed by atoms with Crippen molar-refractivity contribution >= 4 is 17.3 Å². The van der Waals surface area contributed by atoms with Crippen LogP contribution in [-0.4, -0.2) is 36.0 Å². The van der Waals surface area contributed by atoms with E-state index in [1.807, 2.05) is 26.2 Å². The van der Waals surface area contributed by atoms with Gasteiger partial charge in [0.15, 0.2) is 11.6 Å². The lowest BCUT2D eigenvalue weighted by atomic mass is 10.3. The number of hydrogen-bond acceptors (Lipinski definition) is 5. The molecule has 0 saturated carbocycles. The lowest BCUT2D eigenvalue weighted by Crippen LogP contribution is -2.03. The quantitative estimate of drug-likeness (QED) is 0.662. The highest BCUT2D eigenvalue weighted by Crippen LogP contribution is 2.34. The molecule has 4 N–H and O–H groups in total. The Hall–Kier alpha value is -2.37. The number of nitrogens with one attached hydrogen (secondary N) is 3. The van der Waals surface area contributed by atoms with Gasteiger partial charge in [-0.15, -0.1) is 5.10 Å². The molecule has 0 unspecified atom stereocenters. The number of phenolic OH excluding ortho intramolecular Hbond substituents is 1. The second kappa shape index (κ2) is 4.87. The molecule has 0 atom stereocenters. The van der Waals surface area contributed by atoms with Gasteiger partial charge in [0.1, 0.15) is 17.1 Å². The SMILES string of the molecule is CNc1nn(-c2ccccc2O)c(NC)c1NC. The van der Waals surface area contributed by atoms with Crippen LogP contribution in [0.5, 0.6) is 5.75 Å². The fourth-order valence-electron chi connectivity index (χ4n) is 1.88. The standard InChI is InChI=1S/C12H17N5O/c1-13-10-11(14-2)16-17(12(10)15-3)8-6-4-5-7-9(8)18/h4-7,13,15,18H,1-3H3,(H,14,16). The van der Waals surface area contributed by atoms with Crippen molar-refractivity contribution in [1.29, 1.82) is 0 Å². The summed E-state index contributed by atoms with van der Waals surface area (Å²) in [7, 11) is 5.44. The number of aromatic nitrogens is 2. The van der Waals surface area contributed by atoms with Crippen molar-refractivity contribution in [3.8, 4) is 11.4 Å². The predicted molar refractivity (Wildman–Crippen MR) is 73.9 cm³/mol. The van der Waals surface area contributed by atoms with Gasteiger partial charge >= 0.3 is 0 Å². The van der Waals surface area contributed by atoms with Gasteiger partial charge in [0, 0.05) is 21.1 Å². The number of anilines is 3. The Morgan fingerprint density at radius 2 is 1.78 bits per heavy atom. The fraction of sp³-hybridized carbons (Fsp3) is 0.250. The molecule has 18 heavy (non-hydrogen) atoms. The van der Waals surface area contributed by atoms with Crippen LogP contribution in [0.4, 0.5) is 17.3 Å². The van der Waals surface area contributed by atoms with Crippen molar-refractivity contribution in [3.05, 3.63) is 24.3 Å². The first kappa shape index (κ1) is 12.1. The number of benzene rings is 1. The number of rotatable bonds is 4. The van der Waals surface area contributed by atoms with Gasteiger partial charge < -0.3 is 21.1 Å². The van der Waals surface area contributed by atoms with Gasteiger partial charge in [0.2, 0.25) is 0 Å². The Labute approximate surface area is 106 Å². The molecule has 0 amide bonds. The Balaban J connectivity index is 2.64. The van der Waals surface area contributed by atoms with E-state index in [-0.39, 0.29) is 5.75 Å². The molecular weight excluding hydrogens is 230 g/mol. The maximum atomic E-state index is 9.90. The van der Waals surface area contributed by atoms with E-state index in [4.69, 9.17) is 0 Å². The molecule has 2 aromatic rings. The highest BCUT2D eigenvalue weighted by atomic mass is 16.3. The largest absolute Gasteiger partial charge is 0.506 e. The third-order valence-electron chi connectivity index (χ3n) is 2.72. The molecule has 1 aromatic carbocycles. The van der Waals surface area contributed by atoms with Crippen LogP contribution in [0.25, 0.3) is 5.69 Å². The van der Waals surface area contributed by atoms with Gasteiger partial charge in [-0.1, -0.05) is 12.1 Å². The minimum atomic E-state index is 0.182. The molecule has 2 rings (SSSR count). The Bertz CT molecular complexity index is 549. The van der Waals surface area contributed by atoms with Crippen LogP contribution in [0.1, 0.15) is 0 Å². The highest BCUT2D eigenvalue weighted by Gasteiger charge is 2.17. The van der Waals surface area contributed by atoms with Crippen LogP contribution in [0.15, 0.2) is 24.3 Å². The number of aromatic hydroxyl groups is 1. The van der Waals surface area contributed by atoms with E-state index < -0.39 is 0 Å². The topological polar surface area (TPSA) is 74.1 Å². The molecule has 1 heterocycles. The first-order valence-electron chi connectivity index (χ1n) is 5.67. The first-order chi connectivity index (χ1) is 8.72. The predicted octanol–water partition coefficient (Wildman–Crippen LogP) is 1.70. The van der Waals surface area contributed by atoms with E-state index in [0.29, 0.717) is 11.5 Å². The second-order valence-electron chi connectivity index (χ2n) is 3.72. The van der Waals surface area contributed by atoms with Crippen LogP contribution in [0.3, 0.4) is 0 Å². The number of hydrogen-bond donors (Lipinski definition) is 4. The highest BCUT2D eigenvalue weighted by molar-refractivity contribution is 5.79. The number of para-hydroxylation sites is 2. The minimum absolute atomic E-state index is 0.182. The summed E-state index contributed by atoms with van der Waals surface area (Å²) in [6.07, 6.45) is 0. The maximum Gasteiger partial charge on any atom is 0.174 e. The normalized spacial score (nSPS) is 10.2. The number of nitrogens with zero attached hydrogens (tertiary/aromatic N) is 2. The van der Waals surface area contributed by atoms with Gasteiger partial charge in [-0.25, -0.2) is 4.68 Å². The third-order valence-corrected chi connectivity index (χ3v) is 2.72. The molecule has 1 aromatic heterocycles. The van der Waals surface area contributed by atoms with Crippen LogP contribution >= 0.6 is 0 Å². The second-order valence-corrected chi connectivity index (χ2v) is 3.72. The Kier molecular flexibility index (Phi) is 3.27. The number of phenols is 1. The van der Waals surface area contributed by atoms with Crippen LogP contribution in [0.2, 0.25) is 0 Å². The average molecular weight is 247 g/mol. The molecule has 0 aliphatic carbocycles. The summed E-state index contributed by atoms with van der Waals surface area (Å²) in [4.78, 5) is 0. The van der Waals surface area contributed by atoms with Crippen molar-refractivity contribution < 1.29 is 5.11 Å². The Morgan fingerprint density at radius 3 is 2.33 bits per heavy atom. The Morgan fingerprint density at radius 1 is 1.06 bits per heavy atom. The third kappa shape index (κ3) is 1.81. The minimum Gasteiger partial charge on any atom is -0.506 e. The molecule has 0 spiro atoms. The molecule has 0 saturated heterocycles. The molecule has 0 aliphatic heterocycles. The van der Waals surface area contributed by atoms with E-state index in [1.165, 1.54) is 0 Å². The summed E-state index contributed by atoms with van der Waals surface area (Å²) >= 11 is 0. The molecular formula is C12H17N5O. The van der Waals surface area contributed by atoms with Gasteiger partial charge in [0.05, 0.1) is 0 Å². The lowest BCUT2D eigenvalue weighted by molar-refractivity contribution is 0.470. The van der Waals surface area contributed by atoms with Crippen LogP contribution < -0.4 is 16.0 Å². The van der Waals surface area contributed by atoms with Crippen LogP contribution in [0, 0.1) is 0 Å². The molecule has 96 valence electrons.